The second-order valence-electron chi connectivity index (χ2n) is 0.894. The van der Waals surface area contributed by atoms with Gasteiger partial charge in [-0.3, -0.25) is 0 Å². The summed E-state index contributed by atoms with van der Waals surface area (Å²) in [5.74, 6) is 0. The third-order valence-corrected chi connectivity index (χ3v) is 0. The minimum Gasteiger partial charge on any atom is -0.822 e. The number of phosphoric acid groups is 2. The summed E-state index contributed by atoms with van der Waals surface area (Å²) in [5.41, 5.74) is 0. The van der Waals surface area contributed by atoms with Crippen molar-refractivity contribution in [2.45, 2.75) is 0 Å². The maximum Gasteiger partial charge on any atom is 2.00 e. The van der Waals surface area contributed by atoms with Crippen LogP contribution in [0.25, 0.3) is 0 Å². The molecule has 0 amide bonds. The van der Waals surface area contributed by atoms with Gasteiger partial charge in [0.1, 0.15) is 0 Å². The van der Waals surface area contributed by atoms with E-state index in [9.17, 15) is 0 Å². The fraction of sp³-hybridized carbons (Fsp3) is 0. The molecular weight excluding hydrogens is 283 g/mol. The van der Waals surface area contributed by atoms with Crippen LogP contribution in [-0.2, 0) is 9.13 Å². The maximum absolute atomic E-state index is 8.55. The Balaban J connectivity index is -0.0000000178. The molecule has 14 heavy (non-hydrogen) atoms. The molecule has 0 aromatic heterocycles. The zero-order chi connectivity index (χ0) is 9.00. The van der Waals surface area contributed by atoms with E-state index >= 15 is 0 Å². The van der Waals surface area contributed by atoms with Crippen LogP contribution in [-0.4, -0.2) is 23.1 Å². The van der Waals surface area contributed by atoms with Gasteiger partial charge < -0.3 is 38.5 Å². The largest absolute Gasteiger partial charge is 2.00 e. The third kappa shape index (κ3) is 226. The molecule has 0 aromatic rings. The first-order valence-electron chi connectivity index (χ1n) is 1.46. The van der Waals surface area contributed by atoms with Gasteiger partial charge in [-0.1, -0.05) is 0 Å². The van der Waals surface area contributed by atoms with Crippen molar-refractivity contribution in [2.24, 2.45) is 0 Å². The van der Waals surface area contributed by atoms with Crippen LogP contribution in [0.5, 0.6) is 0 Å². The van der Waals surface area contributed by atoms with Gasteiger partial charge in [-0.15, -0.1) is 0 Å². The van der Waals surface area contributed by atoms with E-state index in [1.54, 1.807) is 0 Å². The minimum absolute atomic E-state index is 0. The van der Waals surface area contributed by atoms with E-state index in [0.717, 1.165) is 0 Å². The maximum atomic E-state index is 8.55. The second kappa shape index (κ2) is 17.0. The first-order valence-corrected chi connectivity index (χ1v) is 4.38. The second-order valence-corrected chi connectivity index (χ2v) is 2.68. The van der Waals surface area contributed by atoms with Gasteiger partial charge in [-0.05, 0) is 0 Å². The zero-order valence-electron chi connectivity index (χ0n) is 7.87. The van der Waals surface area contributed by atoms with Crippen molar-refractivity contribution in [3.05, 3.63) is 0 Å². The third-order valence-electron chi connectivity index (χ3n) is 0. The fourth-order valence-corrected chi connectivity index (χ4v) is 0. The first-order chi connectivity index (χ1) is 4.00. The Morgan fingerprint density at radius 1 is 0.571 bits per heavy atom. The molecule has 0 aromatic carbocycles. The molecule has 0 fully saturated rings. The van der Waals surface area contributed by atoms with Crippen LogP contribution < -0.4 is 118 Å². The molecule has 0 aliphatic rings. The minimum atomic E-state index is -5.39. The monoisotopic (exact) mass is 283 g/mol. The van der Waals surface area contributed by atoms with Crippen LogP contribution in [0, 0.1) is 0 Å². The summed E-state index contributed by atoms with van der Waals surface area (Å²) in [6.07, 6.45) is 0. The van der Waals surface area contributed by atoms with E-state index in [4.69, 9.17) is 38.5 Å². The van der Waals surface area contributed by atoms with E-state index in [0.29, 0.717) is 0 Å². The standard InChI is InChI=1S/Mg.3Na.2H3O4P/c;;;;2*1-5(2,3)4/h;;;;2*(H3,1,2,3,4)/q+2;3*+1;;/p-6. The van der Waals surface area contributed by atoms with E-state index in [-0.39, 0.29) is 112 Å². The fourth-order valence-electron chi connectivity index (χ4n) is 0. The van der Waals surface area contributed by atoms with Gasteiger partial charge >= 0.3 is 112 Å². The van der Waals surface area contributed by atoms with Gasteiger partial charge in [0.05, 0.1) is 0 Å². The number of rotatable bonds is 0. The molecule has 8 nitrogen and oxygen atoms in total. The molecule has 0 radical (unpaired) electrons. The van der Waals surface area contributed by atoms with Crippen molar-refractivity contribution in [1.29, 1.82) is 0 Å². The summed E-state index contributed by atoms with van der Waals surface area (Å²) in [6.45, 7) is 0. The Morgan fingerprint density at radius 2 is 0.571 bits per heavy atom. The molecule has 0 rings (SSSR count). The SMILES string of the molecule is O=P([O-])([O-])[O-].O=P([O-])([O-])[O-].[Mg+2].[Na+].[Na+].[Na+]. The van der Waals surface area contributed by atoms with Crippen molar-refractivity contribution in [1.82, 2.24) is 0 Å². The van der Waals surface area contributed by atoms with E-state index in [2.05, 4.69) is 0 Å². The van der Waals surface area contributed by atoms with Gasteiger partial charge in [0, 0.05) is 0 Å². The van der Waals surface area contributed by atoms with Crippen molar-refractivity contribution < 1.29 is 127 Å². The number of hydrogen-bond donors (Lipinski definition) is 0. The Labute approximate surface area is 163 Å². The van der Waals surface area contributed by atoms with Crippen molar-refractivity contribution >= 4 is 38.7 Å². The Hall–Kier alpha value is 3.99. The summed E-state index contributed by atoms with van der Waals surface area (Å²) in [5, 5.41) is 0. The average Bonchev–Trinajstić information content (AvgIpc) is 1.12. The molecule has 0 saturated heterocycles. The quantitative estimate of drug-likeness (QED) is 0.311. The summed E-state index contributed by atoms with van der Waals surface area (Å²) in [4.78, 5) is 51.3. The summed E-state index contributed by atoms with van der Waals surface area (Å²) in [6, 6.07) is 0. The molecule has 0 spiro atoms. The van der Waals surface area contributed by atoms with Crippen molar-refractivity contribution in [3.63, 3.8) is 0 Å². The Kier molecular flexibility index (Phi) is 43.8. The molecule has 0 aliphatic carbocycles. The normalized spacial score (nSPS) is 8.43. The summed E-state index contributed by atoms with van der Waals surface area (Å²) < 4.78 is 17.1. The van der Waals surface area contributed by atoms with Gasteiger partial charge in [0.25, 0.3) is 0 Å². The van der Waals surface area contributed by atoms with Gasteiger partial charge in [-0.2, -0.15) is 15.6 Å². The van der Waals surface area contributed by atoms with E-state index < -0.39 is 15.6 Å². The average molecular weight is 283 g/mol. The van der Waals surface area contributed by atoms with Crippen LogP contribution in [0.15, 0.2) is 0 Å². The smallest absolute Gasteiger partial charge is 0.822 e. The van der Waals surface area contributed by atoms with Crippen LogP contribution in [0.3, 0.4) is 0 Å². The first kappa shape index (κ1) is 36.1. The molecule has 0 N–H and O–H groups in total. The van der Waals surface area contributed by atoms with Gasteiger partial charge in [-0.25, -0.2) is 0 Å². The topological polar surface area (TPSA) is 172 Å². The van der Waals surface area contributed by atoms with Gasteiger partial charge in [0.15, 0.2) is 0 Å². The Bertz CT molecular complexity index is 135. The van der Waals surface area contributed by atoms with Crippen LogP contribution in [0.1, 0.15) is 0 Å². The molecule has 0 aliphatic heterocycles. The summed E-state index contributed by atoms with van der Waals surface area (Å²) >= 11 is 0. The molecular formula is MgNa3O8P2-. The predicted molar refractivity (Wildman–Crippen MR) is 21.0 cm³/mol. The molecule has 0 saturated carbocycles. The molecule has 0 heterocycles. The van der Waals surface area contributed by atoms with Crippen LogP contribution in [0.4, 0.5) is 0 Å². The summed E-state index contributed by atoms with van der Waals surface area (Å²) in [7, 11) is -10.8. The molecule has 64 valence electrons. The van der Waals surface area contributed by atoms with Crippen molar-refractivity contribution in [2.75, 3.05) is 0 Å². The predicted octanol–water partition coefficient (Wildman–Crippen LogP) is -15.0. The van der Waals surface area contributed by atoms with E-state index in [1.165, 1.54) is 0 Å². The van der Waals surface area contributed by atoms with Gasteiger partial charge in [0.2, 0.25) is 0 Å². The van der Waals surface area contributed by atoms with Crippen LogP contribution in [0.2, 0.25) is 0 Å². The number of hydrogen-bond acceptors (Lipinski definition) is 8. The molecule has 0 atom stereocenters. The zero-order valence-corrected chi connectivity index (χ0v) is 17.1. The molecule has 0 bridgehead atoms. The Morgan fingerprint density at radius 3 is 0.571 bits per heavy atom. The molecule has 14 heteroatoms. The van der Waals surface area contributed by atoms with Crippen LogP contribution >= 0.6 is 15.6 Å². The van der Waals surface area contributed by atoms with E-state index in [1.807, 2.05) is 0 Å². The molecule has 0 unspecified atom stereocenters. The van der Waals surface area contributed by atoms with Crippen molar-refractivity contribution in [3.8, 4) is 0 Å².